The molecule has 0 spiro atoms. The van der Waals surface area contributed by atoms with Gasteiger partial charge < -0.3 is 4.90 Å². The summed E-state index contributed by atoms with van der Waals surface area (Å²) in [5, 5.41) is 0. The van der Waals surface area contributed by atoms with E-state index in [2.05, 4.69) is 26.9 Å². The van der Waals surface area contributed by atoms with Crippen LogP contribution in [0.2, 0.25) is 0 Å². The third-order valence-electron chi connectivity index (χ3n) is 2.85. The molecule has 0 amide bonds. The average molecular weight is 226 g/mol. The van der Waals surface area contributed by atoms with Crippen molar-refractivity contribution in [3.63, 3.8) is 0 Å². The van der Waals surface area contributed by atoms with Crippen LogP contribution in [0.5, 0.6) is 0 Å². The van der Waals surface area contributed by atoms with E-state index in [0.717, 1.165) is 10.9 Å². The van der Waals surface area contributed by atoms with Gasteiger partial charge in [-0.15, -0.1) is 0 Å². The highest BCUT2D eigenvalue weighted by molar-refractivity contribution is 9.11. The van der Waals surface area contributed by atoms with Crippen LogP contribution in [-0.2, 0) is 4.79 Å². The fourth-order valence-electron chi connectivity index (χ4n) is 2.37. The summed E-state index contributed by atoms with van der Waals surface area (Å²) < 4.78 is 1.06. The van der Waals surface area contributed by atoms with Gasteiger partial charge in [0.25, 0.3) is 0 Å². The molecular weight excluding hydrogens is 218 g/mol. The summed E-state index contributed by atoms with van der Waals surface area (Å²) in [5.41, 5.74) is 1.24. The maximum Gasteiger partial charge on any atom is 0.184 e. The molecule has 0 aliphatic carbocycles. The standard InChI is InChI=1S/C9H8BrNO/c10-7-3-5-1-2-6-4-8(12)9(7)11(5)6/h3-5,9H,1-2H2/t5-,9-/m0/s1. The van der Waals surface area contributed by atoms with Crippen LogP contribution in [-0.4, -0.2) is 22.8 Å². The molecule has 0 N–H and O–H groups in total. The Bertz CT molecular complexity index is 329. The topological polar surface area (TPSA) is 20.3 Å². The van der Waals surface area contributed by atoms with Gasteiger partial charge in [-0.3, -0.25) is 4.79 Å². The van der Waals surface area contributed by atoms with E-state index in [-0.39, 0.29) is 11.8 Å². The van der Waals surface area contributed by atoms with E-state index in [4.69, 9.17) is 0 Å². The molecule has 0 aromatic heterocycles. The van der Waals surface area contributed by atoms with Gasteiger partial charge in [-0.2, -0.15) is 0 Å². The van der Waals surface area contributed by atoms with Crippen LogP contribution in [0.1, 0.15) is 12.8 Å². The van der Waals surface area contributed by atoms with Gasteiger partial charge in [-0.1, -0.05) is 15.9 Å². The van der Waals surface area contributed by atoms with Crippen molar-refractivity contribution >= 4 is 21.7 Å². The van der Waals surface area contributed by atoms with E-state index in [1.54, 1.807) is 6.08 Å². The van der Waals surface area contributed by atoms with E-state index in [1.165, 1.54) is 12.1 Å². The Kier molecular flexibility index (Phi) is 1.16. The number of hydrogen-bond acceptors (Lipinski definition) is 2. The van der Waals surface area contributed by atoms with Gasteiger partial charge in [0.1, 0.15) is 6.04 Å². The van der Waals surface area contributed by atoms with Crippen molar-refractivity contribution in [3.05, 3.63) is 22.3 Å². The number of hydrogen-bond donors (Lipinski definition) is 0. The van der Waals surface area contributed by atoms with Crippen LogP contribution in [0.4, 0.5) is 0 Å². The van der Waals surface area contributed by atoms with Crippen molar-refractivity contribution < 1.29 is 4.79 Å². The van der Waals surface area contributed by atoms with Gasteiger partial charge in [-0.25, -0.2) is 0 Å². The van der Waals surface area contributed by atoms with E-state index >= 15 is 0 Å². The lowest BCUT2D eigenvalue weighted by Gasteiger charge is -2.20. The first-order chi connectivity index (χ1) is 5.77. The highest BCUT2D eigenvalue weighted by Crippen LogP contribution is 2.43. The molecular formula is C9H8BrNO. The second-order valence-corrected chi connectivity index (χ2v) is 4.42. The molecule has 0 aromatic rings. The predicted octanol–water partition coefficient (Wildman–Crippen LogP) is 1.58. The van der Waals surface area contributed by atoms with Gasteiger partial charge >= 0.3 is 0 Å². The number of ketones is 1. The van der Waals surface area contributed by atoms with Crippen molar-refractivity contribution in [1.29, 1.82) is 0 Å². The number of allylic oxidation sites excluding steroid dienone is 1. The summed E-state index contributed by atoms with van der Waals surface area (Å²) in [5.74, 6) is 0.246. The Morgan fingerprint density at radius 2 is 2.42 bits per heavy atom. The summed E-state index contributed by atoms with van der Waals surface area (Å²) >= 11 is 3.45. The normalized spacial score (nSPS) is 37.1. The summed E-state index contributed by atoms with van der Waals surface area (Å²) in [6, 6.07) is 0.495. The molecule has 2 nitrogen and oxygen atoms in total. The molecule has 1 fully saturated rings. The SMILES string of the molecule is O=C1C=C2CC[C@H]3C=C(Br)[C@@H]1N23. The van der Waals surface area contributed by atoms with Crippen molar-refractivity contribution in [2.75, 3.05) is 0 Å². The maximum atomic E-state index is 11.5. The van der Waals surface area contributed by atoms with Gasteiger partial charge in [-0.05, 0) is 18.9 Å². The lowest BCUT2D eigenvalue weighted by atomic mass is 10.2. The van der Waals surface area contributed by atoms with E-state index < -0.39 is 0 Å². The monoisotopic (exact) mass is 225 g/mol. The van der Waals surface area contributed by atoms with Crippen molar-refractivity contribution in [2.24, 2.45) is 0 Å². The van der Waals surface area contributed by atoms with Crippen LogP contribution in [0, 0.1) is 0 Å². The second-order valence-electron chi connectivity index (χ2n) is 3.51. The lowest BCUT2D eigenvalue weighted by Crippen LogP contribution is -2.31. The zero-order valence-corrected chi connectivity index (χ0v) is 8.04. The fourth-order valence-corrected chi connectivity index (χ4v) is 3.12. The zero-order valence-electron chi connectivity index (χ0n) is 6.46. The molecule has 62 valence electrons. The first-order valence-electron chi connectivity index (χ1n) is 4.17. The number of halogens is 1. The third-order valence-corrected chi connectivity index (χ3v) is 3.55. The molecule has 0 bridgehead atoms. The Morgan fingerprint density at radius 3 is 3.25 bits per heavy atom. The number of carbonyl (C=O) groups is 1. The number of carbonyl (C=O) groups excluding carboxylic acids is 1. The molecule has 3 aliphatic rings. The van der Waals surface area contributed by atoms with Crippen LogP contribution < -0.4 is 0 Å². The van der Waals surface area contributed by atoms with Crippen LogP contribution in [0.15, 0.2) is 22.3 Å². The fraction of sp³-hybridized carbons (Fsp3) is 0.444. The Morgan fingerprint density at radius 1 is 1.58 bits per heavy atom. The highest BCUT2D eigenvalue weighted by atomic mass is 79.9. The van der Waals surface area contributed by atoms with Crippen molar-refractivity contribution in [1.82, 2.24) is 4.90 Å². The van der Waals surface area contributed by atoms with Gasteiger partial charge in [0.2, 0.25) is 0 Å². The van der Waals surface area contributed by atoms with Crippen LogP contribution in [0.3, 0.4) is 0 Å². The Hall–Kier alpha value is -0.570. The first-order valence-corrected chi connectivity index (χ1v) is 4.96. The van der Waals surface area contributed by atoms with Crippen LogP contribution in [0.25, 0.3) is 0 Å². The number of nitrogens with zero attached hydrogens (tertiary/aromatic N) is 1. The predicted molar refractivity (Wildman–Crippen MR) is 48.7 cm³/mol. The molecule has 3 aliphatic heterocycles. The summed E-state index contributed by atoms with van der Waals surface area (Å²) in [6.07, 6.45) is 6.22. The highest BCUT2D eigenvalue weighted by Gasteiger charge is 2.45. The van der Waals surface area contributed by atoms with Gasteiger partial charge in [0.15, 0.2) is 5.78 Å². The molecule has 2 atom stereocenters. The third kappa shape index (κ3) is 0.637. The molecule has 0 unspecified atom stereocenters. The number of rotatable bonds is 0. The lowest BCUT2D eigenvalue weighted by molar-refractivity contribution is -0.116. The van der Waals surface area contributed by atoms with E-state index in [1.807, 2.05) is 0 Å². The smallest absolute Gasteiger partial charge is 0.184 e. The Labute approximate surface area is 79.1 Å². The van der Waals surface area contributed by atoms with E-state index in [0.29, 0.717) is 6.04 Å². The zero-order chi connectivity index (χ0) is 8.29. The average Bonchev–Trinajstić information content (AvgIpc) is 2.57. The largest absolute Gasteiger partial charge is 0.353 e. The van der Waals surface area contributed by atoms with Gasteiger partial charge in [0, 0.05) is 22.3 Å². The molecule has 0 saturated carbocycles. The second kappa shape index (κ2) is 2.02. The first kappa shape index (κ1) is 6.89. The molecule has 0 radical (unpaired) electrons. The molecule has 3 heterocycles. The quantitative estimate of drug-likeness (QED) is 0.625. The summed E-state index contributed by atoms with van der Waals surface area (Å²) in [6.45, 7) is 0. The molecule has 3 rings (SSSR count). The molecule has 0 aromatic carbocycles. The van der Waals surface area contributed by atoms with Crippen LogP contribution >= 0.6 is 15.9 Å². The molecule has 1 saturated heterocycles. The summed E-state index contributed by atoms with van der Waals surface area (Å²) in [4.78, 5) is 13.7. The minimum Gasteiger partial charge on any atom is -0.353 e. The molecule has 12 heavy (non-hydrogen) atoms. The minimum atomic E-state index is 0.00694. The van der Waals surface area contributed by atoms with Crippen molar-refractivity contribution in [2.45, 2.75) is 24.9 Å². The van der Waals surface area contributed by atoms with E-state index in [9.17, 15) is 4.79 Å². The minimum absolute atomic E-state index is 0.00694. The van der Waals surface area contributed by atoms with Gasteiger partial charge in [0.05, 0.1) is 0 Å². The van der Waals surface area contributed by atoms with Crippen molar-refractivity contribution in [3.8, 4) is 0 Å². The summed E-state index contributed by atoms with van der Waals surface area (Å²) in [7, 11) is 0. The maximum absolute atomic E-state index is 11.5. The molecule has 3 heteroatoms. The Balaban J connectivity index is 2.14.